The highest BCUT2D eigenvalue weighted by atomic mass is 19.3. The molecule has 7 heteroatoms. The molecule has 1 aromatic carbocycles. The van der Waals surface area contributed by atoms with E-state index in [2.05, 4.69) is 10.1 Å². The van der Waals surface area contributed by atoms with Crippen molar-refractivity contribution in [2.75, 3.05) is 19.6 Å². The molecule has 0 aliphatic carbocycles. The zero-order valence-corrected chi connectivity index (χ0v) is 13.0. The van der Waals surface area contributed by atoms with Gasteiger partial charge in [0.1, 0.15) is 5.75 Å². The SMILES string of the molecule is CC(=O)N1CCC(NCC(O)c2cccc(OC(F)F)c2)CC1. The summed E-state index contributed by atoms with van der Waals surface area (Å²) in [6, 6.07) is 6.31. The zero-order valence-electron chi connectivity index (χ0n) is 13.0. The Kier molecular flexibility index (Phi) is 6.29. The molecule has 23 heavy (non-hydrogen) atoms. The number of aliphatic hydroxyl groups excluding tert-OH is 1. The molecule has 2 N–H and O–H groups in total. The van der Waals surface area contributed by atoms with E-state index in [1.165, 1.54) is 12.1 Å². The maximum absolute atomic E-state index is 12.2. The molecule has 2 rings (SSSR count). The van der Waals surface area contributed by atoms with Gasteiger partial charge in [0.15, 0.2) is 0 Å². The van der Waals surface area contributed by atoms with Crippen molar-refractivity contribution in [3.63, 3.8) is 0 Å². The van der Waals surface area contributed by atoms with E-state index in [1.54, 1.807) is 24.0 Å². The van der Waals surface area contributed by atoms with E-state index in [4.69, 9.17) is 0 Å². The van der Waals surface area contributed by atoms with E-state index in [0.29, 0.717) is 25.2 Å². The molecular weight excluding hydrogens is 306 g/mol. The van der Waals surface area contributed by atoms with Gasteiger partial charge in [-0.25, -0.2) is 0 Å². The molecule has 128 valence electrons. The minimum Gasteiger partial charge on any atom is -0.435 e. The van der Waals surface area contributed by atoms with Crippen LogP contribution in [-0.2, 0) is 4.79 Å². The number of alkyl halides is 2. The summed E-state index contributed by atoms with van der Waals surface area (Å²) >= 11 is 0. The fourth-order valence-electron chi connectivity index (χ4n) is 2.69. The summed E-state index contributed by atoms with van der Waals surface area (Å²) in [5, 5.41) is 13.4. The second-order valence-electron chi connectivity index (χ2n) is 5.66. The molecule has 1 aliphatic rings. The molecule has 1 aliphatic heterocycles. The molecule has 1 fully saturated rings. The summed E-state index contributed by atoms with van der Waals surface area (Å²) in [5.41, 5.74) is 0.525. The Morgan fingerprint density at radius 3 is 2.74 bits per heavy atom. The first-order chi connectivity index (χ1) is 11.0. The van der Waals surface area contributed by atoms with Crippen LogP contribution < -0.4 is 10.1 Å². The number of likely N-dealkylation sites (tertiary alicyclic amines) is 1. The lowest BCUT2D eigenvalue weighted by atomic mass is 10.0. The Hall–Kier alpha value is -1.73. The second kappa shape index (κ2) is 8.21. The third-order valence-electron chi connectivity index (χ3n) is 4.01. The van der Waals surface area contributed by atoms with Crippen LogP contribution in [0, 0.1) is 0 Å². The molecule has 0 aromatic heterocycles. The predicted octanol–water partition coefficient (Wildman–Crippen LogP) is 1.92. The maximum atomic E-state index is 12.2. The minimum absolute atomic E-state index is 0.0336. The fourth-order valence-corrected chi connectivity index (χ4v) is 2.69. The molecule has 0 spiro atoms. The smallest absolute Gasteiger partial charge is 0.387 e. The second-order valence-corrected chi connectivity index (χ2v) is 5.66. The van der Waals surface area contributed by atoms with Gasteiger partial charge in [0.25, 0.3) is 0 Å². The molecular formula is C16H22F2N2O3. The van der Waals surface area contributed by atoms with Crippen molar-refractivity contribution in [1.29, 1.82) is 0 Å². The van der Waals surface area contributed by atoms with Crippen molar-refractivity contribution < 1.29 is 23.4 Å². The number of carbonyl (C=O) groups excluding carboxylic acids is 1. The van der Waals surface area contributed by atoms with Crippen LogP contribution in [-0.4, -0.2) is 48.2 Å². The Morgan fingerprint density at radius 2 is 2.13 bits per heavy atom. The third-order valence-corrected chi connectivity index (χ3v) is 4.01. The van der Waals surface area contributed by atoms with Gasteiger partial charge in [-0.1, -0.05) is 12.1 Å². The molecule has 0 radical (unpaired) electrons. The van der Waals surface area contributed by atoms with Crippen molar-refractivity contribution in [3.8, 4) is 5.75 Å². The lowest BCUT2D eigenvalue weighted by molar-refractivity contribution is -0.129. The average Bonchev–Trinajstić information content (AvgIpc) is 2.52. The summed E-state index contributed by atoms with van der Waals surface area (Å²) in [6.07, 6.45) is 0.865. The number of nitrogens with one attached hydrogen (secondary N) is 1. The monoisotopic (exact) mass is 328 g/mol. The molecule has 1 atom stereocenters. The first-order valence-electron chi connectivity index (χ1n) is 7.67. The van der Waals surface area contributed by atoms with Gasteiger partial charge >= 0.3 is 6.61 Å². The highest BCUT2D eigenvalue weighted by molar-refractivity contribution is 5.73. The topological polar surface area (TPSA) is 61.8 Å². The van der Waals surface area contributed by atoms with Crippen molar-refractivity contribution in [2.24, 2.45) is 0 Å². The maximum Gasteiger partial charge on any atom is 0.387 e. The number of piperidine rings is 1. The third kappa shape index (κ3) is 5.44. The van der Waals surface area contributed by atoms with Gasteiger partial charge in [0.2, 0.25) is 5.91 Å². The summed E-state index contributed by atoms with van der Waals surface area (Å²) < 4.78 is 28.7. The van der Waals surface area contributed by atoms with Crippen LogP contribution in [0.25, 0.3) is 0 Å². The predicted molar refractivity (Wildman–Crippen MR) is 81.3 cm³/mol. The van der Waals surface area contributed by atoms with Gasteiger partial charge in [-0.05, 0) is 30.5 Å². The molecule has 0 bridgehead atoms. The largest absolute Gasteiger partial charge is 0.435 e. The normalized spacial score (nSPS) is 17.3. The molecule has 5 nitrogen and oxygen atoms in total. The lowest BCUT2D eigenvalue weighted by Gasteiger charge is -2.32. The number of nitrogens with zero attached hydrogens (tertiary/aromatic N) is 1. The van der Waals surface area contributed by atoms with Crippen molar-refractivity contribution in [1.82, 2.24) is 10.2 Å². The number of aliphatic hydroxyl groups is 1. The van der Waals surface area contributed by atoms with Crippen molar-refractivity contribution in [3.05, 3.63) is 29.8 Å². The number of hydrogen-bond donors (Lipinski definition) is 2. The van der Waals surface area contributed by atoms with E-state index in [0.717, 1.165) is 12.8 Å². The number of ether oxygens (including phenoxy) is 1. The van der Waals surface area contributed by atoms with E-state index < -0.39 is 12.7 Å². The van der Waals surface area contributed by atoms with E-state index >= 15 is 0 Å². The molecule has 1 heterocycles. The van der Waals surface area contributed by atoms with Gasteiger partial charge in [-0.15, -0.1) is 0 Å². The van der Waals surface area contributed by atoms with Crippen LogP contribution in [0.4, 0.5) is 8.78 Å². The Balaban J connectivity index is 1.81. The zero-order chi connectivity index (χ0) is 16.8. The average molecular weight is 328 g/mol. The standard InChI is InChI=1S/C16H22F2N2O3/c1-11(21)20-7-5-13(6-8-20)19-10-15(22)12-3-2-4-14(9-12)23-16(17)18/h2-4,9,13,15-16,19,22H,5-8,10H2,1H3. The molecule has 1 unspecified atom stereocenters. The summed E-state index contributed by atoms with van der Waals surface area (Å²) in [6.45, 7) is 0.420. The van der Waals surface area contributed by atoms with Crippen LogP contribution >= 0.6 is 0 Å². The molecule has 1 amide bonds. The van der Waals surface area contributed by atoms with Crippen LogP contribution in [0.15, 0.2) is 24.3 Å². The lowest BCUT2D eigenvalue weighted by Crippen LogP contribution is -2.45. The number of rotatable bonds is 6. The van der Waals surface area contributed by atoms with Gasteiger partial charge in [0.05, 0.1) is 6.10 Å². The van der Waals surface area contributed by atoms with Crippen molar-refractivity contribution >= 4 is 5.91 Å². The Labute approximate surface area is 134 Å². The summed E-state index contributed by atoms with van der Waals surface area (Å²) in [7, 11) is 0. The summed E-state index contributed by atoms with van der Waals surface area (Å²) in [5.74, 6) is 0.116. The van der Waals surface area contributed by atoms with Gasteiger partial charge in [-0.2, -0.15) is 8.78 Å². The highest BCUT2D eigenvalue weighted by Crippen LogP contribution is 2.21. The molecule has 0 saturated carbocycles. The van der Waals surface area contributed by atoms with Gasteiger partial charge in [0, 0.05) is 32.6 Å². The number of benzene rings is 1. The Morgan fingerprint density at radius 1 is 1.43 bits per heavy atom. The van der Waals surface area contributed by atoms with E-state index in [-0.39, 0.29) is 17.7 Å². The van der Waals surface area contributed by atoms with Crippen LogP contribution in [0.2, 0.25) is 0 Å². The van der Waals surface area contributed by atoms with Crippen LogP contribution in [0.5, 0.6) is 5.75 Å². The number of hydrogen-bond acceptors (Lipinski definition) is 4. The molecule has 1 aromatic rings. The highest BCUT2D eigenvalue weighted by Gasteiger charge is 2.21. The number of amides is 1. The minimum atomic E-state index is -2.88. The number of halogens is 2. The number of carbonyl (C=O) groups is 1. The van der Waals surface area contributed by atoms with Gasteiger partial charge in [-0.3, -0.25) is 4.79 Å². The van der Waals surface area contributed by atoms with Crippen molar-refractivity contribution in [2.45, 2.75) is 38.5 Å². The summed E-state index contributed by atoms with van der Waals surface area (Å²) in [4.78, 5) is 13.1. The van der Waals surface area contributed by atoms with E-state index in [1.807, 2.05) is 0 Å². The molecule has 1 saturated heterocycles. The van der Waals surface area contributed by atoms with Crippen LogP contribution in [0.1, 0.15) is 31.4 Å². The van der Waals surface area contributed by atoms with Crippen LogP contribution in [0.3, 0.4) is 0 Å². The first kappa shape index (κ1) is 17.6. The Bertz CT molecular complexity index is 520. The van der Waals surface area contributed by atoms with E-state index in [9.17, 15) is 18.7 Å². The quantitative estimate of drug-likeness (QED) is 0.838. The fraction of sp³-hybridized carbons (Fsp3) is 0.562. The van der Waals surface area contributed by atoms with Gasteiger partial charge < -0.3 is 20.1 Å². The first-order valence-corrected chi connectivity index (χ1v) is 7.67.